The summed E-state index contributed by atoms with van der Waals surface area (Å²) in [5, 5.41) is 10.5. The third-order valence-corrected chi connectivity index (χ3v) is 3.24. The van der Waals surface area contributed by atoms with Crippen LogP contribution < -0.4 is 0 Å². The third-order valence-electron chi connectivity index (χ3n) is 3.00. The lowest BCUT2D eigenvalue weighted by Crippen LogP contribution is -2.36. The average Bonchev–Trinajstić information content (AvgIpc) is 2.52. The minimum absolute atomic E-state index is 0.594. The van der Waals surface area contributed by atoms with E-state index in [4.69, 9.17) is 11.6 Å². The summed E-state index contributed by atoms with van der Waals surface area (Å²) in [7, 11) is 3.97. The van der Waals surface area contributed by atoms with Gasteiger partial charge in [-0.25, -0.2) is 4.98 Å². The fourth-order valence-corrected chi connectivity index (χ4v) is 2.49. The van der Waals surface area contributed by atoms with Crippen LogP contribution >= 0.6 is 11.6 Å². The van der Waals surface area contributed by atoms with Gasteiger partial charge in [-0.15, -0.1) is 0 Å². The van der Waals surface area contributed by atoms with Crippen molar-refractivity contribution in [2.45, 2.75) is 26.0 Å². The van der Waals surface area contributed by atoms with Crippen molar-refractivity contribution in [1.29, 1.82) is 0 Å². The lowest BCUT2D eigenvalue weighted by molar-refractivity contribution is 0.0416. The van der Waals surface area contributed by atoms with Gasteiger partial charge in [0.1, 0.15) is 5.82 Å². The summed E-state index contributed by atoms with van der Waals surface area (Å²) in [4.78, 5) is 6.66. The van der Waals surface area contributed by atoms with Gasteiger partial charge in [0.05, 0.1) is 23.2 Å². The normalized spacial score (nSPS) is 12.6. The second-order valence-electron chi connectivity index (χ2n) is 5.70. The molecule has 0 radical (unpaired) electrons. The summed E-state index contributed by atoms with van der Waals surface area (Å²) in [5.41, 5.74) is 1.26. The average molecular weight is 282 g/mol. The Balaban J connectivity index is 2.23. The van der Waals surface area contributed by atoms with Crippen LogP contribution in [-0.2, 0) is 13.6 Å². The Hall–Kier alpha value is -1.10. The summed E-state index contributed by atoms with van der Waals surface area (Å²) in [5.74, 6) is 0.962. The monoisotopic (exact) mass is 281 g/mol. The highest BCUT2D eigenvalue weighted by molar-refractivity contribution is 6.31. The topological polar surface area (TPSA) is 41.3 Å². The smallest absolute Gasteiger partial charge is 0.123 e. The van der Waals surface area contributed by atoms with Crippen LogP contribution in [0.5, 0.6) is 0 Å². The molecule has 1 heterocycles. The summed E-state index contributed by atoms with van der Waals surface area (Å²) >= 11 is 5.98. The van der Waals surface area contributed by atoms with E-state index in [0.29, 0.717) is 18.1 Å². The van der Waals surface area contributed by atoms with Gasteiger partial charge in [0.25, 0.3) is 0 Å². The number of aryl methyl sites for hydroxylation is 1. The van der Waals surface area contributed by atoms with Gasteiger partial charge in [-0.3, -0.25) is 4.90 Å². The number of halogens is 1. The molecule has 0 aliphatic rings. The Bertz CT molecular complexity index is 586. The van der Waals surface area contributed by atoms with Gasteiger partial charge in [-0.2, -0.15) is 0 Å². The molecule has 1 aromatic carbocycles. The van der Waals surface area contributed by atoms with Crippen LogP contribution in [0.25, 0.3) is 11.0 Å². The molecule has 0 unspecified atom stereocenters. The number of imidazole rings is 1. The highest BCUT2D eigenvalue weighted by Gasteiger charge is 2.17. The molecule has 4 nitrogen and oxygen atoms in total. The van der Waals surface area contributed by atoms with Crippen molar-refractivity contribution in [2.75, 3.05) is 13.6 Å². The van der Waals surface area contributed by atoms with Gasteiger partial charge in [0.15, 0.2) is 0 Å². The van der Waals surface area contributed by atoms with Crippen LogP contribution in [-0.4, -0.2) is 38.8 Å². The molecule has 1 N–H and O–H groups in total. The van der Waals surface area contributed by atoms with E-state index < -0.39 is 5.60 Å². The SMILES string of the molecule is CN(Cc1nc2cc(Cl)ccc2n1C)CC(C)(C)O. The van der Waals surface area contributed by atoms with Crippen LogP contribution in [0.15, 0.2) is 18.2 Å². The lowest BCUT2D eigenvalue weighted by atomic mass is 10.1. The Morgan fingerprint density at radius 2 is 2.11 bits per heavy atom. The maximum atomic E-state index is 9.83. The number of nitrogens with zero attached hydrogens (tertiary/aromatic N) is 3. The molecule has 0 spiro atoms. The number of benzene rings is 1. The molecular formula is C14H20ClN3O. The zero-order chi connectivity index (χ0) is 14.2. The fourth-order valence-electron chi connectivity index (χ4n) is 2.32. The molecule has 2 rings (SSSR count). The number of hydrogen-bond donors (Lipinski definition) is 1. The number of aromatic nitrogens is 2. The molecule has 0 fully saturated rings. The maximum absolute atomic E-state index is 9.83. The minimum Gasteiger partial charge on any atom is -0.389 e. The molecule has 0 saturated heterocycles. The Kier molecular flexibility index (Phi) is 3.85. The van der Waals surface area contributed by atoms with Crippen molar-refractivity contribution in [3.8, 4) is 0 Å². The van der Waals surface area contributed by atoms with E-state index >= 15 is 0 Å². The van der Waals surface area contributed by atoms with Crippen molar-refractivity contribution in [3.63, 3.8) is 0 Å². The molecule has 0 bridgehead atoms. The molecule has 0 saturated carbocycles. The third kappa shape index (κ3) is 3.47. The first-order chi connectivity index (χ1) is 8.76. The fraction of sp³-hybridized carbons (Fsp3) is 0.500. The van der Waals surface area contributed by atoms with Gasteiger partial charge in [0.2, 0.25) is 0 Å². The quantitative estimate of drug-likeness (QED) is 0.936. The van der Waals surface area contributed by atoms with Crippen LogP contribution in [0.1, 0.15) is 19.7 Å². The van der Waals surface area contributed by atoms with Crippen molar-refractivity contribution in [1.82, 2.24) is 14.5 Å². The Labute approximate surface area is 118 Å². The van der Waals surface area contributed by atoms with Gasteiger partial charge in [-0.1, -0.05) is 11.6 Å². The van der Waals surface area contributed by atoms with Crippen molar-refractivity contribution in [2.24, 2.45) is 7.05 Å². The highest BCUT2D eigenvalue weighted by atomic mass is 35.5. The molecular weight excluding hydrogens is 262 g/mol. The number of aliphatic hydroxyl groups is 1. The predicted molar refractivity (Wildman–Crippen MR) is 78.4 cm³/mol. The van der Waals surface area contributed by atoms with Gasteiger partial charge >= 0.3 is 0 Å². The number of likely N-dealkylation sites (N-methyl/N-ethyl adjacent to an activating group) is 1. The molecule has 2 aromatic rings. The first kappa shape index (κ1) is 14.3. The molecule has 0 atom stereocenters. The molecule has 0 aliphatic carbocycles. The van der Waals surface area contributed by atoms with Crippen molar-refractivity contribution < 1.29 is 5.11 Å². The van der Waals surface area contributed by atoms with Gasteiger partial charge in [-0.05, 0) is 39.1 Å². The van der Waals surface area contributed by atoms with Gasteiger partial charge in [0, 0.05) is 18.6 Å². The minimum atomic E-state index is -0.706. The van der Waals surface area contributed by atoms with E-state index in [1.54, 1.807) is 13.8 Å². The zero-order valence-electron chi connectivity index (χ0n) is 11.8. The van der Waals surface area contributed by atoms with E-state index in [0.717, 1.165) is 16.9 Å². The maximum Gasteiger partial charge on any atom is 0.123 e. The molecule has 0 aliphatic heterocycles. The first-order valence-electron chi connectivity index (χ1n) is 6.28. The molecule has 5 heteroatoms. The lowest BCUT2D eigenvalue weighted by Gasteiger charge is -2.25. The van der Waals surface area contributed by atoms with E-state index in [2.05, 4.69) is 14.5 Å². The molecule has 1 aromatic heterocycles. The van der Waals surface area contributed by atoms with E-state index in [-0.39, 0.29) is 0 Å². The number of rotatable bonds is 4. The van der Waals surface area contributed by atoms with Crippen LogP contribution in [0.4, 0.5) is 0 Å². The van der Waals surface area contributed by atoms with Crippen LogP contribution in [0, 0.1) is 0 Å². The number of hydrogen-bond acceptors (Lipinski definition) is 3. The van der Waals surface area contributed by atoms with Crippen molar-refractivity contribution in [3.05, 3.63) is 29.0 Å². The summed E-state index contributed by atoms with van der Waals surface area (Å²) in [6.45, 7) is 4.89. The van der Waals surface area contributed by atoms with Crippen LogP contribution in [0.3, 0.4) is 0 Å². The van der Waals surface area contributed by atoms with E-state index in [9.17, 15) is 5.11 Å². The van der Waals surface area contributed by atoms with E-state index in [1.165, 1.54) is 0 Å². The largest absolute Gasteiger partial charge is 0.389 e. The predicted octanol–water partition coefficient (Wildman–Crippen LogP) is 2.43. The van der Waals surface area contributed by atoms with E-state index in [1.807, 2.05) is 32.3 Å². The summed E-state index contributed by atoms with van der Waals surface area (Å²) in [6.07, 6.45) is 0. The standard InChI is InChI=1S/C14H20ClN3O/c1-14(2,19)9-17(3)8-13-16-11-7-10(15)5-6-12(11)18(13)4/h5-7,19H,8-9H2,1-4H3. The molecule has 104 valence electrons. The molecule has 19 heavy (non-hydrogen) atoms. The van der Waals surface area contributed by atoms with Crippen molar-refractivity contribution >= 4 is 22.6 Å². The number of fused-ring (bicyclic) bond motifs is 1. The Morgan fingerprint density at radius 3 is 2.74 bits per heavy atom. The summed E-state index contributed by atoms with van der Waals surface area (Å²) in [6, 6.07) is 5.72. The first-order valence-corrected chi connectivity index (χ1v) is 6.66. The molecule has 0 amide bonds. The van der Waals surface area contributed by atoms with Crippen LogP contribution in [0.2, 0.25) is 5.02 Å². The second kappa shape index (κ2) is 5.12. The highest BCUT2D eigenvalue weighted by Crippen LogP contribution is 2.20. The van der Waals surface area contributed by atoms with Gasteiger partial charge < -0.3 is 9.67 Å². The zero-order valence-corrected chi connectivity index (χ0v) is 12.6. The second-order valence-corrected chi connectivity index (χ2v) is 6.14. The summed E-state index contributed by atoms with van der Waals surface area (Å²) < 4.78 is 2.06. The Morgan fingerprint density at radius 1 is 1.42 bits per heavy atom.